The first kappa shape index (κ1) is 12.0. The molecule has 16 heavy (non-hydrogen) atoms. The Balaban J connectivity index is 2.16. The van der Waals surface area contributed by atoms with Crippen molar-refractivity contribution in [3.8, 4) is 0 Å². The van der Waals surface area contributed by atoms with E-state index in [-0.39, 0.29) is 0 Å². The lowest BCUT2D eigenvalue weighted by atomic mass is 10.0. The molecule has 2 atom stereocenters. The monoisotopic (exact) mass is 235 g/mol. The maximum absolute atomic E-state index is 3.66. The first-order chi connectivity index (χ1) is 7.65. The Morgan fingerprint density at radius 1 is 1.19 bits per heavy atom. The van der Waals surface area contributed by atoms with Crippen LogP contribution >= 0.6 is 11.8 Å². The fourth-order valence-electron chi connectivity index (χ4n) is 2.29. The van der Waals surface area contributed by atoms with Crippen molar-refractivity contribution in [2.45, 2.75) is 38.5 Å². The molecule has 2 heteroatoms. The molecule has 2 rings (SSSR count). The van der Waals surface area contributed by atoms with E-state index in [1.807, 2.05) is 0 Å². The summed E-state index contributed by atoms with van der Waals surface area (Å²) in [7, 11) is 0. The van der Waals surface area contributed by atoms with Gasteiger partial charge in [-0.3, -0.25) is 0 Å². The third kappa shape index (κ3) is 3.02. The van der Waals surface area contributed by atoms with Crippen LogP contribution in [-0.2, 0) is 0 Å². The van der Waals surface area contributed by atoms with E-state index in [0.29, 0.717) is 6.04 Å². The lowest BCUT2D eigenvalue weighted by molar-refractivity contribution is 0.578. The Kier molecular flexibility index (Phi) is 3.93. The summed E-state index contributed by atoms with van der Waals surface area (Å²) < 4.78 is 0. The van der Waals surface area contributed by atoms with Crippen molar-refractivity contribution in [3.05, 3.63) is 34.9 Å². The van der Waals surface area contributed by atoms with Gasteiger partial charge in [0.1, 0.15) is 0 Å². The van der Waals surface area contributed by atoms with Crippen molar-refractivity contribution < 1.29 is 0 Å². The van der Waals surface area contributed by atoms with Gasteiger partial charge in [0.2, 0.25) is 0 Å². The maximum atomic E-state index is 3.66. The maximum Gasteiger partial charge on any atom is 0.0412 e. The predicted octanol–water partition coefficient (Wildman–Crippen LogP) is 3.46. The number of nitrogens with one attached hydrogen (secondary N) is 1. The molecule has 2 unspecified atom stereocenters. The van der Waals surface area contributed by atoms with E-state index in [4.69, 9.17) is 0 Å². The van der Waals surface area contributed by atoms with Crippen molar-refractivity contribution >= 4 is 11.8 Å². The predicted molar refractivity (Wildman–Crippen MR) is 73.2 cm³/mol. The van der Waals surface area contributed by atoms with Crippen molar-refractivity contribution in [3.63, 3.8) is 0 Å². The second-order valence-corrected chi connectivity index (χ2v) is 6.33. The Morgan fingerprint density at radius 3 is 2.56 bits per heavy atom. The average Bonchev–Trinajstić information content (AvgIpc) is 2.41. The van der Waals surface area contributed by atoms with Crippen LogP contribution in [0.3, 0.4) is 0 Å². The van der Waals surface area contributed by atoms with Gasteiger partial charge >= 0.3 is 0 Å². The van der Waals surface area contributed by atoms with Crippen LogP contribution in [0.5, 0.6) is 0 Å². The summed E-state index contributed by atoms with van der Waals surface area (Å²) in [5.74, 6) is 1.20. The summed E-state index contributed by atoms with van der Waals surface area (Å²) in [6.07, 6.45) is 1.28. The van der Waals surface area contributed by atoms with Crippen LogP contribution in [0.25, 0.3) is 0 Å². The van der Waals surface area contributed by atoms with Crippen molar-refractivity contribution in [2.75, 3.05) is 12.3 Å². The van der Waals surface area contributed by atoms with Crippen LogP contribution in [-0.4, -0.2) is 17.5 Å². The fraction of sp³-hybridized carbons (Fsp3) is 0.571. The highest BCUT2D eigenvalue weighted by Gasteiger charge is 2.17. The van der Waals surface area contributed by atoms with Gasteiger partial charge in [-0.2, -0.15) is 11.8 Å². The number of hydrogen-bond donors (Lipinski definition) is 1. The van der Waals surface area contributed by atoms with E-state index in [0.717, 1.165) is 11.8 Å². The van der Waals surface area contributed by atoms with Gasteiger partial charge in [-0.25, -0.2) is 0 Å². The van der Waals surface area contributed by atoms with Crippen LogP contribution in [0.4, 0.5) is 0 Å². The molecule has 1 aromatic carbocycles. The van der Waals surface area contributed by atoms with Gasteiger partial charge in [0.25, 0.3) is 0 Å². The van der Waals surface area contributed by atoms with Crippen LogP contribution in [0, 0.1) is 13.8 Å². The topological polar surface area (TPSA) is 12.0 Å². The molecule has 0 aromatic heterocycles. The summed E-state index contributed by atoms with van der Waals surface area (Å²) in [6, 6.07) is 7.42. The molecule has 1 nitrogen and oxygen atoms in total. The molecular formula is C14H21NS. The van der Waals surface area contributed by atoms with E-state index < -0.39 is 0 Å². The lowest BCUT2D eigenvalue weighted by Gasteiger charge is -2.17. The van der Waals surface area contributed by atoms with Crippen LogP contribution < -0.4 is 5.32 Å². The number of hydrogen-bond acceptors (Lipinski definition) is 2. The highest BCUT2D eigenvalue weighted by atomic mass is 32.2. The Bertz CT molecular complexity index is 342. The zero-order valence-corrected chi connectivity index (χ0v) is 11.2. The lowest BCUT2D eigenvalue weighted by Crippen LogP contribution is -2.22. The van der Waals surface area contributed by atoms with E-state index in [2.05, 4.69) is 56.0 Å². The van der Waals surface area contributed by atoms with Gasteiger partial charge in [0.05, 0.1) is 0 Å². The molecule has 1 aliphatic rings. The molecule has 0 saturated carbocycles. The number of thioether (sulfide) groups is 1. The molecule has 1 fully saturated rings. The first-order valence-electron chi connectivity index (χ1n) is 6.08. The molecule has 0 amide bonds. The SMILES string of the molecule is Cc1cc(C)cc(C2CSC(C)CCN2)c1. The quantitative estimate of drug-likeness (QED) is 0.800. The Hall–Kier alpha value is -0.470. The molecule has 1 N–H and O–H groups in total. The zero-order chi connectivity index (χ0) is 11.5. The minimum Gasteiger partial charge on any atom is -0.309 e. The normalized spacial score (nSPS) is 26.4. The third-order valence-electron chi connectivity index (χ3n) is 3.14. The van der Waals surface area contributed by atoms with Crippen LogP contribution in [0.2, 0.25) is 0 Å². The molecule has 0 aliphatic carbocycles. The summed E-state index contributed by atoms with van der Waals surface area (Å²) in [4.78, 5) is 0. The smallest absolute Gasteiger partial charge is 0.0412 e. The van der Waals surface area contributed by atoms with E-state index >= 15 is 0 Å². The molecule has 0 spiro atoms. The molecule has 1 saturated heterocycles. The zero-order valence-electron chi connectivity index (χ0n) is 10.4. The second kappa shape index (κ2) is 5.24. The van der Waals surface area contributed by atoms with Gasteiger partial charge in [-0.15, -0.1) is 0 Å². The second-order valence-electron chi connectivity index (χ2n) is 4.86. The van der Waals surface area contributed by atoms with Crippen molar-refractivity contribution in [1.29, 1.82) is 0 Å². The fourth-order valence-corrected chi connectivity index (χ4v) is 3.40. The number of aryl methyl sites for hydroxylation is 2. The minimum atomic E-state index is 0.536. The first-order valence-corrected chi connectivity index (χ1v) is 7.13. The number of rotatable bonds is 1. The highest BCUT2D eigenvalue weighted by Crippen LogP contribution is 2.27. The third-order valence-corrected chi connectivity index (χ3v) is 4.47. The van der Waals surface area contributed by atoms with Gasteiger partial charge < -0.3 is 5.32 Å². The molecule has 88 valence electrons. The highest BCUT2D eigenvalue weighted by molar-refractivity contribution is 7.99. The van der Waals surface area contributed by atoms with Crippen LogP contribution in [0.15, 0.2) is 18.2 Å². The standard InChI is InChI=1S/C14H21NS/c1-10-6-11(2)8-13(7-10)14-9-16-12(3)4-5-15-14/h6-8,12,14-15H,4-5,9H2,1-3H3. The van der Waals surface area contributed by atoms with Crippen molar-refractivity contribution in [2.24, 2.45) is 0 Å². The molecule has 1 aliphatic heterocycles. The Morgan fingerprint density at radius 2 is 1.88 bits per heavy atom. The van der Waals surface area contributed by atoms with Crippen molar-refractivity contribution in [1.82, 2.24) is 5.32 Å². The summed E-state index contributed by atoms with van der Waals surface area (Å²) >= 11 is 2.09. The molecule has 1 aromatic rings. The number of benzene rings is 1. The van der Waals surface area contributed by atoms with Gasteiger partial charge in [0.15, 0.2) is 0 Å². The average molecular weight is 235 g/mol. The minimum absolute atomic E-state index is 0.536. The largest absolute Gasteiger partial charge is 0.309 e. The molecule has 1 heterocycles. The van der Waals surface area contributed by atoms with Gasteiger partial charge in [-0.05, 0) is 32.4 Å². The van der Waals surface area contributed by atoms with Gasteiger partial charge in [0, 0.05) is 17.0 Å². The Labute approximate surface area is 103 Å². The van der Waals surface area contributed by atoms with Crippen LogP contribution in [0.1, 0.15) is 36.1 Å². The van der Waals surface area contributed by atoms with E-state index in [1.54, 1.807) is 0 Å². The van der Waals surface area contributed by atoms with E-state index in [9.17, 15) is 0 Å². The molecule has 0 radical (unpaired) electrons. The van der Waals surface area contributed by atoms with E-state index in [1.165, 1.54) is 28.9 Å². The summed E-state index contributed by atoms with van der Waals surface area (Å²) in [5.41, 5.74) is 4.21. The molecule has 0 bridgehead atoms. The van der Waals surface area contributed by atoms with Gasteiger partial charge in [-0.1, -0.05) is 36.2 Å². The summed E-state index contributed by atoms with van der Waals surface area (Å²) in [6.45, 7) is 7.84. The summed E-state index contributed by atoms with van der Waals surface area (Å²) in [5, 5.41) is 4.46. The molecular weight excluding hydrogens is 214 g/mol.